The summed E-state index contributed by atoms with van der Waals surface area (Å²) >= 11 is 0. The average Bonchev–Trinajstić information content (AvgIpc) is 3.08. The van der Waals surface area contributed by atoms with Crippen LogP contribution in [-0.2, 0) is 6.54 Å². The molecule has 0 saturated heterocycles. The van der Waals surface area contributed by atoms with Crippen LogP contribution in [0.5, 0.6) is 5.75 Å². The first-order chi connectivity index (χ1) is 10.8. The molecule has 2 aromatic carbocycles. The summed E-state index contributed by atoms with van der Waals surface area (Å²) in [5, 5.41) is 20.3. The normalized spacial score (nSPS) is 10.1. The molecule has 3 aromatic rings. The summed E-state index contributed by atoms with van der Waals surface area (Å²) in [5.41, 5.74) is 2.64. The van der Waals surface area contributed by atoms with E-state index in [4.69, 9.17) is 5.26 Å². The van der Waals surface area contributed by atoms with Crippen molar-refractivity contribution in [3.63, 3.8) is 0 Å². The lowest BCUT2D eigenvalue weighted by atomic mass is 10.1. The Bertz CT molecular complexity index is 771. The zero-order valence-corrected chi connectivity index (χ0v) is 11.8. The molecule has 1 heterocycles. The largest absolute Gasteiger partial charge is 0.508 e. The maximum Gasteiger partial charge on any atom is 0.115 e. The Kier molecular flexibility index (Phi) is 3.75. The van der Waals surface area contributed by atoms with E-state index in [1.165, 1.54) is 0 Å². The van der Waals surface area contributed by atoms with Crippen molar-refractivity contribution in [1.82, 2.24) is 9.66 Å². The molecule has 0 aliphatic heterocycles. The van der Waals surface area contributed by atoms with Crippen LogP contribution in [0.25, 0.3) is 0 Å². The summed E-state index contributed by atoms with van der Waals surface area (Å²) in [6.07, 6.45) is 5.29. The van der Waals surface area contributed by atoms with Crippen LogP contribution in [0.1, 0.15) is 11.1 Å². The van der Waals surface area contributed by atoms with Gasteiger partial charge in [0.1, 0.15) is 12.1 Å². The fourth-order valence-corrected chi connectivity index (χ4v) is 2.18. The van der Waals surface area contributed by atoms with Crippen LogP contribution in [0.3, 0.4) is 0 Å². The van der Waals surface area contributed by atoms with Gasteiger partial charge in [-0.1, -0.05) is 12.1 Å². The smallest absolute Gasteiger partial charge is 0.115 e. The average molecular weight is 290 g/mol. The number of hydrogen-bond acceptors (Lipinski definition) is 4. The van der Waals surface area contributed by atoms with Gasteiger partial charge in [0.15, 0.2) is 0 Å². The van der Waals surface area contributed by atoms with E-state index in [1.807, 2.05) is 40.1 Å². The van der Waals surface area contributed by atoms with Crippen LogP contribution < -0.4 is 5.01 Å². The van der Waals surface area contributed by atoms with Crippen LogP contribution >= 0.6 is 0 Å². The Hall–Kier alpha value is -3.26. The molecule has 0 fully saturated rings. The van der Waals surface area contributed by atoms with Crippen molar-refractivity contribution in [2.24, 2.45) is 0 Å². The first kappa shape index (κ1) is 13.7. The number of imidazole rings is 1. The highest BCUT2D eigenvalue weighted by molar-refractivity contribution is 5.49. The fourth-order valence-electron chi connectivity index (χ4n) is 2.18. The van der Waals surface area contributed by atoms with E-state index in [-0.39, 0.29) is 5.75 Å². The van der Waals surface area contributed by atoms with Crippen molar-refractivity contribution in [2.45, 2.75) is 6.54 Å². The fraction of sp³-hybridized carbons (Fsp3) is 0.0588. The van der Waals surface area contributed by atoms with E-state index in [2.05, 4.69) is 11.1 Å². The lowest BCUT2D eigenvalue weighted by molar-refractivity contribution is 0.475. The predicted octanol–water partition coefficient (Wildman–Crippen LogP) is 2.93. The number of anilines is 1. The minimum Gasteiger partial charge on any atom is -0.508 e. The summed E-state index contributed by atoms with van der Waals surface area (Å²) in [5.74, 6) is 0.229. The highest BCUT2D eigenvalue weighted by Crippen LogP contribution is 2.21. The molecule has 0 radical (unpaired) electrons. The van der Waals surface area contributed by atoms with Crippen molar-refractivity contribution in [3.05, 3.63) is 78.4 Å². The van der Waals surface area contributed by atoms with Crippen LogP contribution in [0, 0.1) is 11.3 Å². The van der Waals surface area contributed by atoms with E-state index < -0.39 is 0 Å². The van der Waals surface area contributed by atoms with Gasteiger partial charge in [-0.15, -0.1) is 0 Å². The van der Waals surface area contributed by atoms with Crippen molar-refractivity contribution in [3.8, 4) is 11.8 Å². The number of aromatic hydroxyl groups is 1. The van der Waals surface area contributed by atoms with E-state index in [9.17, 15) is 5.11 Å². The number of hydrogen-bond donors (Lipinski definition) is 1. The van der Waals surface area contributed by atoms with Crippen molar-refractivity contribution >= 4 is 5.69 Å². The molecular formula is C17H14N4O. The van der Waals surface area contributed by atoms with Gasteiger partial charge < -0.3 is 5.11 Å². The van der Waals surface area contributed by atoms with E-state index >= 15 is 0 Å². The SMILES string of the molecule is N#Cc1ccc(CN(c2ccc(O)cc2)n2ccnc2)cc1. The molecule has 1 aromatic heterocycles. The van der Waals surface area contributed by atoms with Crippen molar-refractivity contribution in [2.75, 3.05) is 5.01 Å². The molecule has 1 N–H and O–H groups in total. The summed E-state index contributed by atoms with van der Waals surface area (Å²) < 4.78 is 1.88. The van der Waals surface area contributed by atoms with Gasteiger partial charge in [0.25, 0.3) is 0 Å². The first-order valence-electron chi connectivity index (χ1n) is 6.80. The molecule has 0 amide bonds. The topological polar surface area (TPSA) is 65.1 Å². The minimum atomic E-state index is 0.229. The maximum atomic E-state index is 9.45. The van der Waals surface area contributed by atoms with E-state index in [0.29, 0.717) is 12.1 Å². The number of aromatic nitrogens is 2. The van der Waals surface area contributed by atoms with Crippen LogP contribution in [0.2, 0.25) is 0 Å². The van der Waals surface area contributed by atoms with Crippen LogP contribution in [0.4, 0.5) is 5.69 Å². The number of nitriles is 1. The number of rotatable bonds is 4. The standard InChI is InChI=1S/C17H14N4O/c18-11-14-1-3-15(4-2-14)12-21(20-10-9-19-13-20)16-5-7-17(22)8-6-16/h1-10,13,22H,12H2. The van der Waals surface area contributed by atoms with Crippen molar-refractivity contribution in [1.29, 1.82) is 5.26 Å². The van der Waals surface area contributed by atoms with Gasteiger partial charge in [0.2, 0.25) is 0 Å². The monoisotopic (exact) mass is 290 g/mol. The molecule has 0 saturated carbocycles. The highest BCUT2D eigenvalue weighted by atomic mass is 16.3. The third-order valence-electron chi connectivity index (χ3n) is 3.33. The molecule has 108 valence electrons. The van der Waals surface area contributed by atoms with Gasteiger partial charge in [-0.25, -0.2) is 9.66 Å². The zero-order chi connectivity index (χ0) is 15.4. The van der Waals surface area contributed by atoms with Gasteiger partial charge in [-0.2, -0.15) is 5.26 Å². The van der Waals surface area contributed by atoms with E-state index in [1.54, 1.807) is 36.8 Å². The molecule has 0 spiro atoms. The van der Waals surface area contributed by atoms with E-state index in [0.717, 1.165) is 11.3 Å². The molecule has 0 atom stereocenters. The summed E-state index contributed by atoms with van der Waals surface area (Å²) in [6.45, 7) is 0.618. The molecule has 0 aliphatic rings. The first-order valence-corrected chi connectivity index (χ1v) is 6.80. The van der Waals surface area contributed by atoms with Crippen LogP contribution in [0.15, 0.2) is 67.3 Å². The molecule has 5 heteroatoms. The summed E-state index contributed by atoms with van der Waals surface area (Å²) in [6, 6.07) is 16.6. The third kappa shape index (κ3) is 2.91. The maximum absolute atomic E-state index is 9.45. The molecule has 0 aliphatic carbocycles. The Balaban J connectivity index is 1.92. The lowest BCUT2D eigenvalue weighted by Gasteiger charge is -2.25. The Morgan fingerprint density at radius 1 is 1.09 bits per heavy atom. The number of phenols is 1. The van der Waals surface area contributed by atoms with Crippen molar-refractivity contribution < 1.29 is 5.11 Å². The van der Waals surface area contributed by atoms with Gasteiger partial charge >= 0.3 is 0 Å². The second-order valence-electron chi connectivity index (χ2n) is 4.83. The highest BCUT2D eigenvalue weighted by Gasteiger charge is 2.09. The van der Waals surface area contributed by atoms with Gasteiger partial charge in [0, 0.05) is 12.4 Å². The Labute approximate surface area is 128 Å². The molecule has 5 nitrogen and oxygen atoms in total. The zero-order valence-electron chi connectivity index (χ0n) is 11.8. The Morgan fingerprint density at radius 3 is 2.41 bits per heavy atom. The van der Waals surface area contributed by atoms with Gasteiger partial charge in [0.05, 0.1) is 23.9 Å². The molecular weight excluding hydrogens is 276 g/mol. The third-order valence-corrected chi connectivity index (χ3v) is 3.33. The summed E-state index contributed by atoms with van der Waals surface area (Å²) in [4.78, 5) is 4.08. The lowest BCUT2D eigenvalue weighted by Crippen LogP contribution is -2.27. The van der Waals surface area contributed by atoms with Crippen LogP contribution in [-0.4, -0.2) is 14.8 Å². The minimum absolute atomic E-state index is 0.229. The molecule has 0 unspecified atom stereocenters. The van der Waals surface area contributed by atoms with Gasteiger partial charge in [-0.3, -0.25) is 5.01 Å². The number of nitrogens with zero attached hydrogens (tertiary/aromatic N) is 4. The quantitative estimate of drug-likeness (QED) is 0.802. The van der Waals surface area contributed by atoms with Gasteiger partial charge in [-0.05, 0) is 42.0 Å². The predicted molar refractivity (Wildman–Crippen MR) is 83.1 cm³/mol. The molecule has 22 heavy (non-hydrogen) atoms. The number of benzene rings is 2. The summed E-state index contributed by atoms with van der Waals surface area (Å²) in [7, 11) is 0. The molecule has 3 rings (SSSR count). The Morgan fingerprint density at radius 2 is 1.82 bits per heavy atom. The number of phenolic OH excluding ortho intramolecular Hbond substituents is 1. The molecule has 0 bridgehead atoms. The second-order valence-corrected chi connectivity index (χ2v) is 4.83. The second kappa shape index (κ2) is 6.02.